The fourth-order valence-corrected chi connectivity index (χ4v) is 1.30. The van der Waals surface area contributed by atoms with E-state index >= 15 is 0 Å². The van der Waals surface area contributed by atoms with Crippen LogP contribution in [0.2, 0.25) is 0 Å². The quantitative estimate of drug-likeness (QED) is 0.539. The van der Waals surface area contributed by atoms with E-state index in [-0.39, 0.29) is 18.4 Å². The second-order valence-electron chi connectivity index (χ2n) is 4.50. The topological polar surface area (TPSA) is 81.7 Å². The van der Waals surface area contributed by atoms with E-state index < -0.39 is 5.97 Å². The molecule has 0 rings (SSSR count). The van der Waals surface area contributed by atoms with Crippen LogP contribution in [-0.4, -0.2) is 55.7 Å². The maximum absolute atomic E-state index is 11.3. The summed E-state index contributed by atoms with van der Waals surface area (Å²) in [7, 11) is 3.96. The van der Waals surface area contributed by atoms with Gasteiger partial charge in [-0.1, -0.05) is 6.92 Å². The highest BCUT2D eigenvalue weighted by Gasteiger charge is 2.08. The van der Waals surface area contributed by atoms with Gasteiger partial charge in [0.2, 0.25) is 0 Å². The molecule has 0 aromatic rings. The van der Waals surface area contributed by atoms with Crippen LogP contribution in [-0.2, 0) is 4.79 Å². The molecule has 1 unspecified atom stereocenters. The molecule has 17 heavy (non-hydrogen) atoms. The van der Waals surface area contributed by atoms with Gasteiger partial charge in [0.1, 0.15) is 0 Å². The average molecular weight is 245 g/mol. The molecule has 0 fully saturated rings. The van der Waals surface area contributed by atoms with E-state index in [0.29, 0.717) is 13.1 Å². The zero-order valence-corrected chi connectivity index (χ0v) is 10.8. The van der Waals surface area contributed by atoms with Crippen molar-refractivity contribution in [3.63, 3.8) is 0 Å². The largest absolute Gasteiger partial charge is 0.481 e. The minimum atomic E-state index is -0.842. The van der Waals surface area contributed by atoms with E-state index in [9.17, 15) is 9.59 Å². The van der Waals surface area contributed by atoms with Crippen LogP contribution in [0.5, 0.6) is 0 Å². The number of nitrogens with one attached hydrogen (secondary N) is 2. The van der Waals surface area contributed by atoms with Gasteiger partial charge in [0, 0.05) is 19.5 Å². The molecule has 3 N–H and O–H groups in total. The number of aliphatic carboxylic acids is 1. The highest BCUT2D eigenvalue weighted by molar-refractivity contribution is 5.73. The third-order valence-corrected chi connectivity index (χ3v) is 2.20. The molecule has 0 heterocycles. The first kappa shape index (κ1) is 15.7. The first-order valence-electron chi connectivity index (χ1n) is 5.80. The molecular weight excluding hydrogens is 222 g/mol. The molecule has 0 bridgehead atoms. The second kappa shape index (κ2) is 8.81. The molecule has 0 radical (unpaired) electrons. The third kappa shape index (κ3) is 11.0. The summed E-state index contributed by atoms with van der Waals surface area (Å²) >= 11 is 0. The summed E-state index contributed by atoms with van der Waals surface area (Å²) in [6.07, 6.45) is 0.964. The molecule has 0 saturated heterocycles. The van der Waals surface area contributed by atoms with Crippen molar-refractivity contribution < 1.29 is 14.7 Å². The second-order valence-corrected chi connectivity index (χ2v) is 4.50. The Balaban J connectivity index is 3.49. The van der Waals surface area contributed by atoms with Gasteiger partial charge in [0.05, 0.1) is 0 Å². The van der Waals surface area contributed by atoms with Crippen LogP contribution in [0.3, 0.4) is 0 Å². The summed E-state index contributed by atoms with van der Waals surface area (Å²) in [5, 5.41) is 13.9. The van der Waals surface area contributed by atoms with Gasteiger partial charge in [-0.15, -0.1) is 0 Å². The first-order valence-corrected chi connectivity index (χ1v) is 5.80. The van der Waals surface area contributed by atoms with Crippen LogP contribution in [0, 0.1) is 5.92 Å². The lowest BCUT2D eigenvalue weighted by Gasteiger charge is -2.12. The van der Waals surface area contributed by atoms with E-state index in [4.69, 9.17) is 5.11 Å². The third-order valence-electron chi connectivity index (χ3n) is 2.20. The Morgan fingerprint density at radius 1 is 1.29 bits per heavy atom. The van der Waals surface area contributed by atoms with Crippen LogP contribution in [0.4, 0.5) is 4.79 Å². The molecule has 1 atom stereocenters. The zero-order valence-electron chi connectivity index (χ0n) is 10.8. The van der Waals surface area contributed by atoms with Gasteiger partial charge in [-0.2, -0.15) is 0 Å². The van der Waals surface area contributed by atoms with Crippen LogP contribution in [0.1, 0.15) is 19.8 Å². The van der Waals surface area contributed by atoms with Gasteiger partial charge in [-0.3, -0.25) is 4.79 Å². The lowest BCUT2D eigenvalue weighted by atomic mass is 10.1. The van der Waals surface area contributed by atoms with Crippen LogP contribution in [0.15, 0.2) is 0 Å². The Bertz CT molecular complexity index is 244. The molecule has 0 aromatic heterocycles. The van der Waals surface area contributed by atoms with E-state index in [0.717, 1.165) is 13.0 Å². The number of carboxylic acid groups (broad SMARTS) is 1. The lowest BCUT2D eigenvalue weighted by Crippen LogP contribution is -2.39. The number of hydrogen-bond donors (Lipinski definition) is 3. The van der Waals surface area contributed by atoms with Gasteiger partial charge in [-0.25, -0.2) is 4.79 Å². The molecule has 0 saturated carbocycles. The Morgan fingerprint density at radius 3 is 2.47 bits per heavy atom. The maximum Gasteiger partial charge on any atom is 0.314 e. The van der Waals surface area contributed by atoms with Gasteiger partial charge in [-0.05, 0) is 33.0 Å². The van der Waals surface area contributed by atoms with Crippen molar-refractivity contribution in [1.82, 2.24) is 15.5 Å². The number of carbonyl (C=O) groups excluding carboxylic acids is 1. The van der Waals surface area contributed by atoms with Crippen molar-refractivity contribution in [2.45, 2.75) is 19.8 Å². The summed E-state index contributed by atoms with van der Waals surface area (Å²) < 4.78 is 0. The standard InChI is InChI=1S/C11H23N3O3/c1-9(7-10(15)16)8-13-11(17)12-5-4-6-14(2)3/h9H,4-8H2,1-3H3,(H,15,16)(H2,12,13,17). The lowest BCUT2D eigenvalue weighted by molar-refractivity contribution is -0.137. The molecule has 2 amide bonds. The number of rotatable bonds is 8. The summed E-state index contributed by atoms with van der Waals surface area (Å²) in [6.45, 7) is 3.72. The number of amides is 2. The molecular formula is C11H23N3O3. The average Bonchev–Trinajstić information content (AvgIpc) is 2.20. The van der Waals surface area contributed by atoms with Crippen LogP contribution in [0.25, 0.3) is 0 Å². The molecule has 0 aliphatic rings. The highest BCUT2D eigenvalue weighted by Crippen LogP contribution is 1.98. The fraction of sp³-hybridized carbons (Fsp3) is 0.818. The minimum Gasteiger partial charge on any atom is -0.481 e. The monoisotopic (exact) mass is 245 g/mol. The van der Waals surface area contributed by atoms with E-state index in [1.165, 1.54) is 0 Å². The van der Waals surface area contributed by atoms with Crippen molar-refractivity contribution in [3.8, 4) is 0 Å². The van der Waals surface area contributed by atoms with Crippen molar-refractivity contribution >= 4 is 12.0 Å². The van der Waals surface area contributed by atoms with Crippen molar-refractivity contribution in [1.29, 1.82) is 0 Å². The number of carboxylic acids is 1. The first-order chi connectivity index (χ1) is 7.91. The normalized spacial score (nSPS) is 12.2. The van der Waals surface area contributed by atoms with Crippen molar-refractivity contribution in [2.24, 2.45) is 5.92 Å². The van der Waals surface area contributed by atoms with Gasteiger partial charge < -0.3 is 20.6 Å². The summed E-state index contributed by atoms with van der Waals surface area (Å²) in [5.41, 5.74) is 0. The zero-order chi connectivity index (χ0) is 13.3. The van der Waals surface area contributed by atoms with Crippen LogP contribution >= 0.6 is 0 Å². The smallest absolute Gasteiger partial charge is 0.314 e. The number of carbonyl (C=O) groups is 2. The van der Waals surface area contributed by atoms with Gasteiger partial charge in [0.25, 0.3) is 0 Å². The number of urea groups is 1. The minimum absolute atomic E-state index is 0.0555. The molecule has 0 aliphatic carbocycles. The molecule has 6 heteroatoms. The maximum atomic E-state index is 11.3. The molecule has 6 nitrogen and oxygen atoms in total. The van der Waals surface area contributed by atoms with Crippen molar-refractivity contribution in [3.05, 3.63) is 0 Å². The Morgan fingerprint density at radius 2 is 1.94 bits per heavy atom. The predicted molar refractivity (Wildman–Crippen MR) is 66.0 cm³/mol. The summed E-state index contributed by atoms with van der Waals surface area (Å²) in [4.78, 5) is 23.7. The van der Waals surface area contributed by atoms with E-state index in [1.54, 1.807) is 6.92 Å². The number of nitrogens with zero attached hydrogens (tertiary/aromatic N) is 1. The molecule has 0 aromatic carbocycles. The SMILES string of the molecule is CC(CNC(=O)NCCCN(C)C)CC(=O)O. The Kier molecular flexibility index (Phi) is 8.13. The summed E-state index contributed by atoms with van der Waals surface area (Å²) in [5.74, 6) is -0.897. The predicted octanol–water partition coefficient (Wildman–Crippen LogP) is 0.348. The van der Waals surface area contributed by atoms with E-state index in [1.807, 2.05) is 14.1 Å². The molecule has 0 aliphatic heterocycles. The van der Waals surface area contributed by atoms with Crippen molar-refractivity contribution in [2.75, 3.05) is 33.7 Å². The van der Waals surface area contributed by atoms with E-state index in [2.05, 4.69) is 15.5 Å². The van der Waals surface area contributed by atoms with Crippen LogP contribution < -0.4 is 10.6 Å². The Labute approximate surface area is 102 Å². The molecule has 100 valence electrons. The van der Waals surface area contributed by atoms with Gasteiger partial charge in [0.15, 0.2) is 0 Å². The fourth-order valence-electron chi connectivity index (χ4n) is 1.30. The Hall–Kier alpha value is -1.30. The van der Waals surface area contributed by atoms with Gasteiger partial charge >= 0.3 is 12.0 Å². The molecule has 0 spiro atoms. The summed E-state index contributed by atoms with van der Waals surface area (Å²) in [6, 6.07) is -0.235. The highest BCUT2D eigenvalue weighted by atomic mass is 16.4. The number of hydrogen-bond acceptors (Lipinski definition) is 3.